The normalized spacial score (nSPS) is 11.5. The molecule has 2 aromatic heterocycles. The van der Waals surface area contributed by atoms with Crippen LogP contribution in [0.1, 0.15) is 27.4 Å². The fourth-order valence-corrected chi connectivity index (χ4v) is 2.21. The lowest BCUT2D eigenvalue weighted by Gasteiger charge is -1.99. The maximum Gasteiger partial charge on any atom is 0.224 e. The van der Waals surface area contributed by atoms with Crippen LogP contribution in [0.15, 0.2) is 71.4 Å². The fraction of sp³-hybridized carbons (Fsp3) is 0.0526. The molecule has 0 spiro atoms. The van der Waals surface area contributed by atoms with Crippen LogP contribution in [-0.2, 0) is 6.42 Å². The first-order valence-electron chi connectivity index (χ1n) is 7.30. The molecule has 0 aliphatic heterocycles. The molecule has 1 N–H and O–H groups in total. The molecular weight excluding hydrogens is 309 g/mol. The molecule has 0 unspecified atom stereocenters. The Morgan fingerprint density at radius 3 is 2.50 bits per heavy atom. The Kier molecular flexibility index (Phi) is 4.52. The first-order valence-corrected chi connectivity index (χ1v) is 7.30. The Morgan fingerprint density at radius 2 is 1.79 bits per heavy atom. The lowest BCUT2D eigenvalue weighted by molar-refractivity contribution is 0.101. The lowest BCUT2D eigenvalue weighted by Crippen LogP contribution is -1.95. The number of furan rings is 1. The van der Waals surface area contributed by atoms with E-state index in [0.29, 0.717) is 17.7 Å². The zero-order valence-corrected chi connectivity index (χ0v) is 12.6. The zero-order valence-electron chi connectivity index (χ0n) is 12.6. The van der Waals surface area contributed by atoms with Crippen molar-refractivity contribution in [3.05, 3.63) is 95.5 Å². The van der Waals surface area contributed by atoms with Gasteiger partial charge in [0, 0.05) is 30.5 Å². The van der Waals surface area contributed by atoms with Crippen LogP contribution in [0.3, 0.4) is 0 Å². The maximum atomic E-state index is 12.9. The Morgan fingerprint density at radius 1 is 1.08 bits per heavy atom. The van der Waals surface area contributed by atoms with E-state index in [1.807, 2.05) is 0 Å². The van der Waals surface area contributed by atoms with E-state index in [0.717, 1.165) is 11.6 Å². The van der Waals surface area contributed by atoms with Crippen LogP contribution in [-0.4, -0.2) is 15.9 Å². The van der Waals surface area contributed by atoms with Crippen LogP contribution in [0.25, 0.3) is 5.76 Å². The molecular formula is C19H14FNO3. The van der Waals surface area contributed by atoms with Gasteiger partial charge in [0.05, 0.1) is 0 Å². The summed E-state index contributed by atoms with van der Waals surface area (Å²) in [4.78, 5) is 16.0. The third-order valence-electron chi connectivity index (χ3n) is 3.44. The third kappa shape index (κ3) is 3.76. The summed E-state index contributed by atoms with van der Waals surface area (Å²) in [6.45, 7) is 0. The highest BCUT2D eigenvalue weighted by molar-refractivity contribution is 6.05. The number of hydrogen-bond donors (Lipinski definition) is 1. The van der Waals surface area contributed by atoms with Crippen molar-refractivity contribution in [1.82, 2.24) is 4.98 Å². The molecule has 4 nitrogen and oxygen atoms in total. The number of carbonyl (C=O) groups is 1. The molecule has 0 fully saturated rings. The van der Waals surface area contributed by atoms with Crippen molar-refractivity contribution in [3.63, 3.8) is 0 Å². The van der Waals surface area contributed by atoms with Crippen molar-refractivity contribution < 1.29 is 18.7 Å². The number of halogens is 1. The first-order chi connectivity index (χ1) is 11.6. The molecule has 0 aliphatic carbocycles. The number of pyridine rings is 1. The molecule has 0 atom stereocenters. The van der Waals surface area contributed by atoms with Gasteiger partial charge >= 0.3 is 0 Å². The lowest BCUT2D eigenvalue weighted by atomic mass is 10.1. The number of benzene rings is 1. The number of ketones is 1. The monoisotopic (exact) mass is 323 g/mol. The molecule has 0 aliphatic rings. The van der Waals surface area contributed by atoms with Crippen LogP contribution in [0.4, 0.5) is 4.39 Å². The van der Waals surface area contributed by atoms with Crippen molar-refractivity contribution >= 4 is 11.5 Å². The number of hydrogen-bond acceptors (Lipinski definition) is 4. The molecule has 0 bridgehead atoms. The molecule has 0 radical (unpaired) electrons. The number of aromatic nitrogens is 1. The molecule has 2 heterocycles. The van der Waals surface area contributed by atoms with Crippen molar-refractivity contribution in [1.29, 1.82) is 0 Å². The van der Waals surface area contributed by atoms with Gasteiger partial charge in [0.2, 0.25) is 5.78 Å². The zero-order chi connectivity index (χ0) is 16.9. The third-order valence-corrected chi connectivity index (χ3v) is 3.44. The highest BCUT2D eigenvalue weighted by Crippen LogP contribution is 2.16. The van der Waals surface area contributed by atoms with Crippen molar-refractivity contribution in [2.75, 3.05) is 0 Å². The molecule has 0 saturated heterocycles. The average molecular weight is 323 g/mol. The van der Waals surface area contributed by atoms with E-state index in [4.69, 9.17) is 4.42 Å². The Balaban J connectivity index is 1.73. The van der Waals surface area contributed by atoms with Crippen molar-refractivity contribution in [2.24, 2.45) is 0 Å². The molecule has 0 saturated carbocycles. The van der Waals surface area contributed by atoms with Gasteiger partial charge in [-0.2, -0.15) is 0 Å². The Bertz CT molecular complexity index is 867. The summed E-state index contributed by atoms with van der Waals surface area (Å²) in [7, 11) is 0. The van der Waals surface area contributed by atoms with E-state index < -0.39 is 5.78 Å². The van der Waals surface area contributed by atoms with Crippen molar-refractivity contribution in [2.45, 2.75) is 6.42 Å². The topological polar surface area (TPSA) is 63.3 Å². The van der Waals surface area contributed by atoms with E-state index >= 15 is 0 Å². The fourth-order valence-electron chi connectivity index (χ4n) is 2.21. The second-order valence-corrected chi connectivity index (χ2v) is 5.20. The van der Waals surface area contributed by atoms with Gasteiger partial charge in [-0.3, -0.25) is 9.78 Å². The second kappa shape index (κ2) is 6.91. The second-order valence-electron chi connectivity index (χ2n) is 5.20. The number of aliphatic hydroxyl groups is 1. The minimum atomic E-state index is -0.435. The minimum absolute atomic E-state index is 0.132. The van der Waals surface area contributed by atoms with E-state index in [2.05, 4.69) is 4.98 Å². The van der Waals surface area contributed by atoms with E-state index in [1.165, 1.54) is 24.5 Å². The summed E-state index contributed by atoms with van der Waals surface area (Å²) >= 11 is 0. The van der Waals surface area contributed by atoms with Crippen molar-refractivity contribution in [3.8, 4) is 0 Å². The van der Waals surface area contributed by atoms with Crippen LogP contribution in [0, 0.1) is 5.82 Å². The van der Waals surface area contributed by atoms with Gasteiger partial charge in [0.15, 0.2) is 5.76 Å². The molecule has 120 valence electrons. The number of rotatable bonds is 5. The van der Waals surface area contributed by atoms with E-state index in [-0.39, 0.29) is 17.3 Å². The van der Waals surface area contributed by atoms with E-state index in [1.54, 1.807) is 36.4 Å². The van der Waals surface area contributed by atoms with Crippen LogP contribution >= 0.6 is 0 Å². The summed E-state index contributed by atoms with van der Waals surface area (Å²) < 4.78 is 18.4. The van der Waals surface area contributed by atoms with Gasteiger partial charge in [0.25, 0.3) is 0 Å². The van der Waals surface area contributed by atoms with Crippen LogP contribution in [0.5, 0.6) is 0 Å². The number of carbonyl (C=O) groups excluding carboxylic acids is 1. The largest absolute Gasteiger partial charge is 0.507 e. The van der Waals surface area contributed by atoms with E-state index in [9.17, 15) is 14.3 Å². The molecule has 1 aromatic carbocycles. The molecule has 3 aromatic rings. The predicted octanol–water partition coefficient (Wildman–Crippen LogP) is 4.19. The standard InChI is InChI=1S/C19H14FNO3/c20-15-3-1-13(2-4-15)11-16-5-6-19(24-16)18(23)12-17(22)14-7-9-21-10-8-14/h1-10,12,22H,11H2/b17-12-. The summed E-state index contributed by atoms with van der Waals surface area (Å²) in [5.41, 5.74) is 1.37. The first kappa shape index (κ1) is 15.7. The smallest absolute Gasteiger partial charge is 0.224 e. The maximum absolute atomic E-state index is 12.9. The predicted molar refractivity (Wildman–Crippen MR) is 87.1 cm³/mol. The molecule has 5 heteroatoms. The number of nitrogens with zero attached hydrogens (tertiary/aromatic N) is 1. The summed E-state index contributed by atoms with van der Waals surface area (Å²) in [6, 6.07) is 12.5. The average Bonchev–Trinajstić information content (AvgIpc) is 3.06. The molecule has 3 rings (SSSR count). The van der Waals surface area contributed by atoms with Crippen LogP contribution < -0.4 is 0 Å². The summed E-state index contributed by atoms with van der Waals surface area (Å²) in [5.74, 6) is -0.172. The minimum Gasteiger partial charge on any atom is -0.507 e. The quantitative estimate of drug-likeness (QED) is 0.434. The van der Waals surface area contributed by atoms with Gasteiger partial charge in [-0.1, -0.05) is 12.1 Å². The molecule has 0 amide bonds. The van der Waals surface area contributed by atoms with Gasteiger partial charge < -0.3 is 9.52 Å². The highest BCUT2D eigenvalue weighted by atomic mass is 19.1. The Hall–Kier alpha value is -3.21. The van der Waals surface area contributed by atoms with Gasteiger partial charge in [-0.15, -0.1) is 0 Å². The van der Waals surface area contributed by atoms with Gasteiger partial charge in [-0.25, -0.2) is 4.39 Å². The Labute approximate surface area is 137 Å². The summed E-state index contributed by atoms with van der Waals surface area (Å²) in [5, 5.41) is 9.96. The number of allylic oxidation sites excluding steroid dienone is 1. The van der Waals surface area contributed by atoms with Gasteiger partial charge in [0.1, 0.15) is 17.3 Å². The SMILES string of the molecule is O=C(/C=C(\O)c1ccncc1)c1ccc(Cc2ccc(F)cc2)o1. The summed E-state index contributed by atoms with van der Waals surface area (Å²) in [6.07, 6.45) is 4.61. The number of aliphatic hydroxyl groups excluding tert-OH is 1. The van der Waals surface area contributed by atoms with Crippen LogP contribution in [0.2, 0.25) is 0 Å². The highest BCUT2D eigenvalue weighted by Gasteiger charge is 2.11. The molecule has 24 heavy (non-hydrogen) atoms. The van der Waals surface area contributed by atoms with Gasteiger partial charge in [-0.05, 0) is 42.0 Å².